The minimum absolute atomic E-state index is 0.118. The van der Waals surface area contributed by atoms with Gasteiger partial charge in [0.05, 0.1) is 25.7 Å². The molecule has 2 aliphatic heterocycles. The van der Waals surface area contributed by atoms with E-state index in [-0.39, 0.29) is 30.6 Å². The lowest BCUT2D eigenvalue weighted by Crippen LogP contribution is -2.48. The Hall–Kier alpha value is -1.63. The van der Waals surface area contributed by atoms with Gasteiger partial charge in [-0.2, -0.15) is 0 Å². The summed E-state index contributed by atoms with van der Waals surface area (Å²) < 4.78 is 11.1. The summed E-state index contributed by atoms with van der Waals surface area (Å²) in [7, 11) is 1.63. The highest BCUT2D eigenvalue weighted by atomic mass is 16.5. The van der Waals surface area contributed by atoms with Crippen molar-refractivity contribution in [2.24, 2.45) is 11.8 Å². The zero-order valence-corrected chi connectivity index (χ0v) is 16.6. The number of amides is 1. The standard InChI is InChI=1S/C21H32N2O4/c1-15-9-22(10-16(2)27-15)11-18-12-23(13-19(18)14-24)21(25)8-17-5-4-6-20(7-17)26-3/h4-7,15-16,18-19,24H,8-14H2,1-3H3/t15-,16+,18-,19-/m1/s1. The van der Waals surface area contributed by atoms with Crippen molar-refractivity contribution in [2.45, 2.75) is 32.5 Å². The Balaban J connectivity index is 1.58. The molecule has 2 fully saturated rings. The first-order valence-corrected chi connectivity index (χ1v) is 9.87. The average Bonchev–Trinajstić information content (AvgIpc) is 3.04. The number of carbonyl (C=O) groups is 1. The van der Waals surface area contributed by atoms with E-state index in [1.807, 2.05) is 29.2 Å². The Morgan fingerprint density at radius 2 is 1.89 bits per heavy atom. The third-order valence-electron chi connectivity index (χ3n) is 5.64. The SMILES string of the molecule is COc1cccc(CC(=O)N2C[C@@H](CN3C[C@@H](C)O[C@@H](C)C3)[C@@H](CO)C2)c1. The van der Waals surface area contributed by atoms with Gasteiger partial charge in [-0.15, -0.1) is 0 Å². The van der Waals surface area contributed by atoms with E-state index in [1.165, 1.54) is 0 Å². The van der Waals surface area contributed by atoms with Crippen LogP contribution in [0, 0.1) is 11.8 Å². The van der Waals surface area contributed by atoms with Crippen molar-refractivity contribution in [1.82, 2.24) is 9.80 Å². The van der Waals surface area contributed by atoms with E-state index in [0.717, 1.165) is 30.9 Å². The third kappa shape index (κ3) is 5.21. The van der Waals surface area contributed by atoms with E-state index in [9.17, 15) is 9.90 Å². The molecule has 1 aromatic carbocycles. The molecule has 2 aliphatic rings. The monoisotopic (exact) mass is 376 g/mol. The van der Waals surface area contributed by atoms with Gasteiger partial charge in [0.1, 0.15) is 5.75 Å². The molecule has 0 spiro atoms. The van der Waals surface area contributed by atoms with Crippen molar-refractivity contribution >= 4 is 5.91 Å². The molecule has 0 aliphatic carbocycles. The minimum atomic E-state index is 0.118. The summed E-state index contributed by atoms with van der Waals surface area (Å²) in [6, 6.07) is 7.65. The smallest absolute Gasteiger partial charge is 0.227 e. The topological polar surface area (TPSA) is 62.2 Å². The van der Waals surface area contributed by atoms with E-state index in [4.69, 9.17) is 9.47 Å². The molecule has 6 nitrogen and oxygen atoms in total. The highest BCUT2D eigenvalue weighted by molar-refractivity contribution is 5.79. The van der Waals surface area contributed by atoms with Crippen LogP contribution < -0.4 is 4.74 Å². The van der Waals surface area contributed by atoms with Gasteiger partial charge in [0.15, 0.2) is 0 Å². The molecule has 2 saturated heterocycles. The number of carbonyl (C=O) groups excluding carboxylic acids is 1. The Bertz CT molecular complexity index is 628. The van der Waals surface area contributed by atoms with Crippen molar-refractivity contribution < 1.29 is 19.4 Å². The molecule has 1 N–H and O–H groups in total. The fraction of sp³-hybridized carbons (Fsp3) is 0.667. The van der Waals surface area contributed by atoms with Crippen molar-refractivity contribution in [3.05, 3.63) is 29.8 Å². The van der Waals surface area contributed by atoms with Crippen LogP contribution in [0.1, 0.15) is 19.4 Å². The number of hydrogen-bond donors (Lipinski definition) is 1. The van der Waals surface area contributed by atoms with Gasteiger partial charge in [-0.05, 0) is 37.5 Å². The van der Waals surface area contributed by atoms with Crippen LogP contribution in [-0.2, 0) is 16.0 Å². The maximum Gasteiger partial charge on any atom is 0.227 e. The lowest BCUT2D eigenvalue weighted by atomic mass is 9.96. The number of aliphatic hydroxyl groups excluding tert-OH is 1. The molecule has 2 heterocycles. The second kappa shape index (κ2) is 9.04. The Kier molecular flexibility index (Phi) is 6.73. The fourth-order valence-electron chi connectivity index (χ4n) is 4.39. The van der Waals surface area contributed by atoms with E-state index in [1.54, 1.807) is 7.11 Å². The van der Waals surface area contributed by atoms with Crippen LogP contribution in [0.25, 0.3) is 0 Å². The van der Waals surface area contributed by atoms with Crippen LogP contribution in [0.2, 0.25) is 0 Å². The second-order valence-electron chi connectivity index (χ2n) is 8.01. The van der Waals surface area contributed by atoms with E-state index in [2.05, 4.69) is 18.7 Å². The van der Waals surface area contributed by atoms with Gasteiger partial charge in [-0.25, -0.2) is 0 Å². The van der Waals surface area contributed by atoms with Crippen molar-refractivity contribution in [1.29, 1.82) is 0 Å². The number of ether oxygens (including phenoxy) is 2. The maximum atomic E-state index is 12.8. The molecular weight excluding hydrogens is 344 g/mol. The van der Waals surface area contributed by atoms with Crippen LogP contribution in [0.15, 0.2) is 24.3 Å². The highest BCUT2D eigenvalue weighted by Gasteiger charge is 2.36. The largest absolute Gasteiger partial charge is 0.497 e. The fourth-order valence-corrected chi connectivity index (χ4v) is 4.39. The van der Waals surface area contributed by atoms with Gasteiger partial charge < -0.3 is 19.5 Å². The van der Waals surface area contributed by atoms with Crippen molar-refractivity contribution in [3.63, 3.8) is 0 Å². The lowest BCUT2D eigenvalue weighted by molar-refractivity contribution is -0.129. The van der Waals surface area contributed by atoms with Gasteiger partial charge >= 0.3 is 0 Å². The predicted octanol–water partition coefficient (Wildman–Crippen LogP) is 1.41. The number of morpholine rings is 1. The molecule has 150 valence electrons. The van der Waals surface area contributed by atoms with Gasteiger partial charge in [0.2, 0.25) is 5.91 Å². The number of aliphatic hydroxyl groups is 1. The molecule has 4 atom stereocenters. The lowest BCUT2D eigenvalue weighted by Gasteiger charge is -2.37. The van der Waals surface area contributed by atoms with E-state index in [0.29, 0.717) is 25.4 Å². The van der Waals surface area contributed by atoms with Crippen LogP contribution >= 0.6 is 0 Å². The molecule has 3 rings (SSSR count). The quantitative estimate of drug-likeness (QED) is 0.814. The first-order chi connectivity index (χ1) is 13.0. The van der Waals surface area contributed by atoms with Crippen LogP contribution in [0.5, 0.6) is 5.75 Å². The number of hydrogen-bond acceptors (Lipinski definition) is 5. The number of rotatable bonds is 6. The molecule has 6 heteroatoms. The molecule has 0 unspecified atom stereocenters. The number of likely N-dealkylation sites (tertiary alicyclic amines) is 1. The van der Waals surface area contributed by atoms with Gasteiger partial charge in [-0.3, -0.25) is 9.69 Å². The van der Waals surface area contributed by atoms with Gasteiger partial charge in [0.25, 0.3) is 0 Å². The minimum Gasteiger partial charge on any atom is -0.497 e. The zero-order chi connectivity index (χ0) is 19.4. The predicted molar refractivity (Wildman–Crippen MR) is 104 cm³/mol. The zero-order valence-electron chi connectivity index (χ0n) is 16.6. The summed E-state index contributed by atoms with van der Waals surface area (Å²) in [6.07, 6.45) is 0.829. The summed E-state index contributed by atoms with van der Waals surface area (Å²) in [4.78, 5) is 17.1. The molecule has 0 aromatic heterocycles. The molecular formula is C21H32N2O4. The maximum absolute atomic E-state index is 12.8. The summed E-state index contributed by atoms with van der Waals surface area (Å²) in [5, 5.41) is 9.83. The van der Waals surface area contributed by atoms with Crippen molar-refractivity contribution in [2.75, 3.05) is 46.4 Å². The molecule has 27 heavy (non-hydrogen) atoms. The molecule has 0 saturated carbocycles. The Morgan fingerprint density at radius 1 is 1.19 bits per heavy atom. The van der Waals surface area contributed by atoms with Crippen LogP contribution in [0.3, 0.4) is 0 Å². The van der Waals surface area contributed by atoms with E-state index >= 15 is 0 Å². The second-order valence-corrected chi connectivity index (χ2v) is 8.01. The molecule has 1 aromatic rings. The summed E-state index contributed by atoms with van der Waals surface area (Å²) in [5.74, 6) is 1.34. The van der Waals surface area contributed by atoms with E-state index < -0.39 is 0 Å². The third-order valence-corrected chi connectivity index (χ3v) is 5.64. The number of nitrogens with zero attached hydrogens (tertiary/aromatic N) is 2. The van der Waals surface area contributed by atoms with Crippen LogP contribution in [0.4, 0.5) is 0 Å². The summed E-state index contributed by atoms with van der Waals surface area (Å²) >= 11 is 0. The van der Waals surface area contributed by atoms with Gasteiger partial charge in [-0.1, -0.05) is 12.1 Å². The number of methoxy groups -OCH3 is 1. The summed E-state index contributed by atoms with van der Waals surface area (Å²) in [5.41, 5.74) is 0.958. The van der Waals surface area contributed by atoms with Crippen molar-refractivity contribution in [3.8, 4) is 5.75 Å². The first kappa shape index (κ1) is 20.1. The highest BCUT2D eigenvalue weighted by Crippen LogP contribution is 2.26. The van der Waals surface area contributed by atoms with Gasteiger partial charge in [0, 0.05) is 45.2 Å². The first-order valence-electron chi connectivity index (χ1n) is 9.87. The normalized spacial score (nSPS) is 29.1. The Morgan fingerprint density at radius 3 is 2.56 bits per heavy atom. The van der Waals surface area contributed by atoms with Crippen LogP contribution in [-0.4, -0.2) is 79.5 Å². The average molecular weight is 376 g/mol. The Labute approximate surface area is 162 Å². The molecule has 1 amide bonds. The molecule has 0 radical (unpaired) electrons. The number of benzene rings is 1. The summed E-state index contributed by atoms with van der Waals surface area (Å²) in [6.45, 7) is 8.42. The molecule has 0 bridgehead atoms.